The van der Waals surface area contributed by atoms with E-state index in [-0.39, 0.29) is 0 Å². The second-order valence-electron chi connectivity index (χ2n) is 35.8. The van der Waals surface area contributed by atoms with Crippen molar-refractivity contribution >= 4 is 299 Å². The summed E-state index contributed by atoms with van der Waals surface area (Å²) in [6.45, 7) is 0. The van der Waals surface area contributed by atoms with Gasteiger partial charge in [-0.15, -0.1) is 45.3 Å². The van der Waals surface area contributed by atoms with Crippen molar-refractivity contribution in [3.05, 3.63) is 461 Å². The molecule has 0 atom stereocenters. The number of hydrogen-bond acceptors (Lipinski definition) is 4. The number of rotatable bonds is 4. The summed E-state index contributed by atoms with van der Waals surface area (Å²) >= 11 is 7.63. The van der Waals surface area contributed by atoms with E-state index in [2.05, 4.69) is 479 Å². The first kappa shape index (κ1) is 77.1. The zero-order chi connectivity index (χ0) is 88.9. The lowest BCUT2D eigenvalue weighted by Gasteiger charge is -2.13. The molecule has 0 radical (unpaired) electrons. The SMILES string of the molecule is c1ccc2c(-n3c4ccc5ccccc5c4c4ccc5c6ccccc6sc5c43)cccc2c1.c1ccc2c(-n3c4ccccc4c4c5ccccc5c5c6ccccc6sc5c43)cccc2c1.c1ccc2c(-n3c4ccccc4c4c5sc6ccccc6c5c5ccccc5c43)cccc2c1.c1ccc2cc3c(cc2c1)c1cc2sc4ccccc4c2cc1n3-c1cccc2ccccc12. The van der Waals surface area contributed by atoms with Gasteiger partial charge in [0.15, 0.2) is 0 Å². The molecule has 0 aliphatic carbocycles. The molecule has 0 saturated carbocycles. The van der Waals surface area contributed by atoms with Crippen molar-refractivity contribution in [3.8, 4) is 22.7 Å². The quantitative estimate of drug-likeness (QED) is 0.167. The molecule has 0 unspecified atom stereocenters. The van der Waals surface area contributed by atoms with Gasteiger partial charge in [0.1, 0.15) is 0 Å². The normalized spacial score (nSPS) is 12.1. The average Bonchev–Trinajstić information content (AvgIpc) is 1.54. The first-order valence-electron chi connectivity index (χ1n) is 46.5. The maximum absolute atomic E-state index is 2.51. The Balaban J connectivity index is 0.0000000879. The summed E-state index contributed by atoms with van der Waals surface area (Å²) in [6, 6.07) is 168. The van der Waals surface area contributed by atoms with Crippen molar-refractivity contribution in [1.82, 2.24) is 18.3 Å². The van der Waals surface area contributed by atoms with Gasteiger partial charge in [0.2, 0.25) is 0 Å². The van der Waals surface area contributed by atoms with Gasteiger partial charge < -0.3 is 18.3 Å². The smallest absolute Gasteiger partial charge is 0.0726 e. The number of hydrogen-bond donors (Lipinski definition) is 0. The van der Waals surface area contributed by atoms with Crippen LogP contribution in [-0.4, -0.2) is 18.3 Å². The third-order valence-corrected chi connectivity index (χ3v) is 33.3. The lowest BCUT2D eigenvalue weighted by Crippen LogP contribution is -1.96. The molecule has 0 bridgehead atoms. The third kappa shape index (κ3) is 11.5. The maximum Gasteiger partial charge on any atom is 0.0726 e. The van der Waals surface area contributed by atoms with Crippen LogP contribution < -0.4 is 0 Å². The molecular weight excluding hydrogens is 1720 g/mol. The molecule has 0 N–H and O–H groups in total. The highest BCUT2D eigenvalue weighted by atomic mass is 32.1. The van der Waals surface area contributed by atoms with E-state index in [9.17, 15) is 0 Å². The summed E-state index contributed by atoms with van der Waals surface area (Å²) in [5.41, 5.74) is 15.1. The molecule has 0 aliphatic heterocycles. The molecule has 24 aromatic carbocycles. The summed E-state index contributed by atoms with van der Waals surface area (Å²) in [5, 5.41) is 41.9. The van der Waals surface area contributed by atoms with E-state index in [1.165, 1.54) is 277 Å². The Morgan fingerprint density at radius 3 is 1.02 bits per heavy atom. The van der Waals surface area contributed by atoms with E-state index < -0.39 is 0 Å². The van der Waals surface area contributed by atoms with Crippen LogP contribution in [0.4, 0.5) is 0 Å². The standard InChI is InChI=1S/4C32H19NS/c1-3-11-22-20(8-1)10-7-14-27(22)33-28-19-16-21-9-2-4-12-23(21)30(28)26-18-17-25-24-13-5-6-15-29(24)34-32(25)31(26)33;1-2-12-21-20(10-1)11-9-18-26(21)33-27-17-7-5-15-24(27)30-31(33)23-14-4-3-13-22(23)29-25-16-6-8-19-28(25)34-32(29)30;1-2-12-21-20(10-1)11-9-18-26(21)33-27-17-7-5-15-24(27)29-22-13-3-4-14-23(22)30-25-16-6-8-19-28(25)34-32(30)31(29)33;1-2-10-22-17-29-25(16-21(22)9-1)26-19-32-27(24-13-5-6-15-31(24)34-32)18-30(26)33(29)28-14-7-11-20-8-3-4-12-23(20)28/h4*1-19H. The van der Waals surface area contributed by atoms with Gasteiger partial charge in [-0.1, -0.05) is 370 Å². The van der Waals surface area contributed by atoms with Gasteiger partial charge >= 0.3 is 0 Å². The second-order valence-corrected chi connectivity index (χ2v) is 40.1. The fourth-order valence-corrected chi connectivity index (χ4v) is 27.7. The molecular formula is C128H76N4S4. The van der Waals surface area contributed by atoms with Crippen molar-refractivity contribution in [2.75, 3.05) is 0 Å². The molecule has 0 amide bonds. The zero-order valence-electron chi connectivity index (χ0n) is 73.3. The third-order valence-electron chi connectivity index (χ3n) is 28.6. The number of fused-ring (bicyclic) bond motifs is 40. The predicted molar refractivity (Wildman–Crippen MR) is 595 cm³/mol. The van der Waals surface area contributed by atoms with Crippen molar-refractivity contribution in [3.63, 3.8) is 0 Å². The number of nitrogens with zero attached hydrogens (tertiary/aromatic N) is 4. The number of thiophene rings is 4. The van der Waals surface area contributed by atoms with Gasteiger partial charge in [-0.25, -0.2) is 0 Å². The average molecular weight is 1800 g/mol. The first-order valence-corrected chi connectivity index (χ1v) is 49.8. The van der Waals surface area contributed by atoms with Crippen molar-refractivity contribution in [2.24, 2.45) is 0 Å². The highest BCUT2D eigenvalue weighted by molar-refractivity contribution is 7.28. The van der Waals surface area contributed by atoms with Crippen molar-refractivity contribution in [1.29, 1.82) is 0 Å². The summed E-state index contributed by atoms with van der Waals surface area (Å²) in [7, 11) is 0. The number of aromatic nitrogens is 4. The maximum atomic E-state index is 2.51. The Labute approximate surface area is 794 Å². The molecule has 0 saturated heterocycles. The summed E-state index contributed by atoms with van der Waals surface area (Å²) < 4.78 is 20.8. The molecule has 4 nitrogen and oxygen atoms in total. The summed E-state index contributed by atoms with van der Waals surface area (Å²) in [6.07, 6.45) is 0. The minimum absolute atomic E-state index is 1.23. The van der Waals surface area contributed by atoms with Crippen LogP contribution in [0.15, 0.2) is 461 Å². The zero-order valence-corrected chi connectivity index (χ0v) is 76.6. The van der Waals surface area contributed by atoms with Crippen LogP contribution in [0.2, 0.25) is 0 Å². The van der Waals surface area contributed by atoms with Crippen LogP contribution in [0.1, 0.15) is 0 Å². The van der Waals surface area contributed by atoms with Crippen molar-refractivity contribution in [2.45, 2.75) is 0 Å². The molecule has 32 rings (SSSR count). The second kappa shape index (κ2) is 30.5. The number of para-hydroxylation sites is 2. The van der Waals surface area contributed by atoms with Gasteiger partial charge in [-0.2, -0.15) is 0 Å². The molecule has 0 fully saturated rings. The Kier molecular flexibility index (Phi) is 17.3. The fraction of sp³-hybridized carbons (Fsp3) is 0. The van der Waals surface area contributed by atoms with Gasteiger partial charge in [-0.05, 0) is 150 Å². The summed E-state index contributed by atoms with van der Waals surface area (Å²) in [5.74, 6) is 0. The molecule has 8 heteroatoms. The minimum atomic E-state index is 1.23. The first-order chi connectivity index (χ1) is 67.5. The van der Waals surface area contributed by atoms with Crippen molar-refractivity contribution < 1.29 is 0 Å². The van der Waals surface area contributed by atoms with E-state index in [4.69, 9.17) is 0 Å². The largest absolute Gasteiger partial charge is 0.309 e. The van der Waals surface area contributed by atoms with Crippen LogP contribution in [0.25, 0.3) is 277 Å². The molecule has 632 valence electrons. The molecule has 8 aromatic heterocycles. The highest BCUT2D eigenvalue weighted by Crippen LogP contribution is 2.53. The van der Waals surface area contributed by atoms with Crippen LogP contribution in [0.5, 0.6) is 0 Å². The molecule has 32 aromatic rings. The van der Waals surface area contributed by atoms with E-state index >= 15 is 0 Å². The van der Waals surface area contributed by atoms with Crippen LogP contribution in [0.3, 0.4) is 0 Å². The molecule has 8 heterocycles. The van der Waals surface area contributed by atoms with E-state index in [0.29, 0.717) is 0 Å². The lowest BCUT2D eigenvalue weighted by atomic mass is 9.99. The predicted octanol–water partition coefficient (Wildman–Crippen LogP) is 37.8. The highest BCUT2D eigenvalue weighted by Gasteiger charge is 2.28. The Morgan fingerprint density at radius 1 is 0.125 bits per heavy atom. The topological polar surface area (TPSA) is 19.7 Å². The Hall–Kier alpha value is -16.6. The van der Waals surface area contributed by atoms with Gasteiger partial charge in [0, 0.05) is 141 Å². The fourth-order valence-electron chi connectivity index (χ4n) is 22.8. The van der Waals surface area contributed by atoms with Gasteiger partial charge in [0.25, 0.3) is 0 Å². The Bertz CT molecular complexity index is 10600. The van der Waals surface area contributed by atoms with Gasteiger partial charge in [-0.3, -0.25) is 0 Å². The van der Waals surface area contributed by atoms with Gasteiger partial charge in [0.05, 0.1) is 76.3 Å². The molecule has 136 heavy (non-hydrogen) atoms. The van der Waals surface area contributed by atoms with E-state index in [0.717, 1.165) is 0 Å². The monoisotopic (exact) mass is 1800 g/mol. The minimum Gasteiger partial charge on any atom is -0.309 e. The van der Waals surface area contributed by atoms with Crippen LogP contribution >= 0.6 is 45.3 Å². The number of benzene rings is 24. The van der Waals surface area contributed by atoms with Crippen LogP contribution in [0, 0.1) is 0 Å². The van der Waals surface area contributed by atoms with Crippen LogP contribution in [-0.2, 0) is 0 Å². The Morgan fingerprint density at radius 2 is 0.471 bits per heavy atom. The summed E-state index contributed by atoms with van der Waals surface area (Å²) in [4.78, 5) is 0. The lowest BCUT2D eigenvalue weighted by molar-refractivity contribution is 1.20. The molecule has 0 spiro atoms. The van der Waals surface area contributed by atoms with E-state index in [1.807, 2.05) is 45.3 Å². The molecule has 0 aliphatic rings. The van der Waals surface area contributed by atoms with E-state index in [1.54, 1.807) is 0 Å².